The van der Waals surface area contributed by atoms with Crippen LogP contribution >= 0.6 is 0 Å². The predicted octanol–water partition coefficient (Wildman–Crippen LogP) is 0.198. The van der Waals surface area contributed by atoms with Gasteiger partial charge in [0.1, 0.15) is 0 Å². The number of rotatable bonds is 7. The molecule has 1 aliphatic carbocycles. The van der Waals surface area contributed by atoms with Crippen LogP contribution < -0.4 is 5.32 Å². The first-order valence-corrected chi connectivity index (χ1v) is 5.95. The molecule has 0 spiro atoms. The van der Waals surface area contributed by atoms with E-state index in [2.05, 4.69) is 10.1 Å². The fourth-order valence-electron chi connectivity index (χ4n) is 1.57. The molecule has 1 rings (SSSR count). The molecule has 102 valence electrons. The van der Waals surface area contributed by atoms with Gasteiger partial charge in [0.25, 0.3) is 0 Å². The molecule has 0 saturated heterocycles. The fourth-order valence-corrected chi connectivity index (χ4v) is 1.57. The molecule has 2 N–H and O–H groups in total. The lowest BCUT2D eigenvalue weighted by Crippen LogP contribution is -2.41. The molecule has 0 heterocycles. The molecule has 0 radical (unpaired) electrons. The van der Waals surface area contributed by atoms with Gasteiger partial charge in [0.2, 0.25) is 5.91 Å². The number of hydrogen-bond donors (Lipinski definition) is 2. The van der Waals surface area contributed by atoms with Crippen LogP contribution in [0.15, 0.2) is 0 Å². The third-order valence-corrected chi connectivity index (χ3v) is 2.54. The summed E-state index contributed by atoms with van der Waals surface area (Å²) < 4.78 is 4.58. The molecule has 7 nitrogen and oxygen atoms in total. The van der Waals surface area contributed by atoms with Crippen molar-refractivity contribution in [1.29, 1.82) is 0 Å². The first-order valence-electron chi connectivity index (χ1n) is 5.95. The van der Waals surface area contributed by atoms with Crippen LogP contribution in [0.4, 0.5) is 4.79 Å². The van der Waals surface area contributed by atoms with Crippen molar-refractivity contribution in [2.45, 2.75) is 32.2 Å². The number of carbonyl (C=O) groups excluding carboxylic acids is 2. The van der Waals surface area contributed by atoms with Crippen molar-refractivity contribution in [3.8, 4) is 0 Å². The van der Waals surface area contributed by atoms with Gasteiger partial charge in [-0.3, -0.25) is 19.8 Å². The van der Waals surface area contributed by atoms with Crippen molar-refractivity contribution in [3.63, 3.8) is 0 Å². The van der Waals surface area contributed by atoms with Crippen LogP contribution in [-0.2, 0) is 14.3 Å². The number of nitrogens with one attached hydrogen (secondary N) is 1. The van der Waals surface area contributed by atoms with Crippen LogP contribution in [0.2, 0.25) is 0 Å². The number of ether oxygens (including phenoxy) is 1. The van der Waals surface area contributed by atoms with E-state index >= 15 is 0 Å². The van der Waals surface area contributed by atoms with Gasteiger partial charge in [-0.2, -0.15) is 0 Å². The lowest BCUT2D eigenvalue weighted by Gasteiger charge is -2.19. The molecule has 0 unspecified atom stereocenters. The highest BCUT2D eigenvalue weighted by atomic mass is 16.5. The molecule has 0 atom stereocenters. The SMILES string of the molecule is CCOC(=O)NC(=O)CN(CCC(=O)O)C1CC1. The topological polar surface area (TPSA) is 95.9 Å². The van der Waals surface area contributed by atoms with E-state index in [0.717, 1.165) is 12.8 Å². The van der Waals surface area contributed by atoms with E-state index in [1.165, 1.54) is 0 Å². The summed E-state index contributed by atoms with van der Waals surface area (Å²) in [6, 6.07) is 0.261. The Kier molecular flexibility index (Phi) is 5.57. The van der Waals surface area contributed by atoms with Crippen LogP contribution in [-0.4, -0.2) is 53.7 Å². The number of aliphatic carboxylic acids is 1. The molecule has 2 amide bonds. The average Bonchev–Trinajstić information content (AvgIpc) is 3.07. The van der Waals surface area contributed by atoms with Gasteiger partial charge in [-0.1, -0.05) is 0 Å². The third kappa shape index (κ3) is 5.62. The van der Waals surface area contributed by atoms with Crippen molar-refractivity contribution in [1.82, 2.24) is 10.2 Å². The summed E-state index contributed by atoms with van der Waals surface area (Å²) in [7, 11) is 0. The lowest BCUT2D eigenvalue weighted by atomic mass is 10.3. The quantitative estimate of drug-likeness (QED) is 0.677. The minimum absolute atomic E-state index is 0.0107. The first-order chi connectivity index (χ1) is 8.52. The van der Waals surface area contributed by atoms with Crippen molar-refractivity contribution in [3.05, 3.63) is 0 Å². The van der Waals surface area contributed by atoms with Crippen molar-refractivity contribution >= 4 is 18.0 Å². The molecule has 0 aromatic carbocycles. The van der Waals surface area contributed by atoms with E-state index in [1.54, 1.807) is 11.8 Å². The molecule has 1 aliphatic rings. The largest absolute Gasteiger partial charge is 0.481 e. The van der Waals surface area contributed by atoms with E-state index in [9.17, 15) is 14.4 Å². The van der Waals surface area contributed by atoms with E-state index in [0.29, 0.717) is 6.54 Å². The van der Waals surface area contributed by atoms with Gasteiger partial charge in [0, 0.05) is 12.6 Å². The monoisotopic (exact) mass is 258 g/mol. The van der Waals surface area contributed by atoms with Gasteiger partial charge in [0.05, 0.1) is 19.6 Å². The molecule has 18 heavy (non-hydrogen) atoms. The summed E-state index contributed by atoms with van der Waals surface area (Å²) in [5.74, 6) is -1.36. The highest BCUT2D eigenvalue weighted by Crippen LogP contribution is 2.26. The second-order valence-electron chi connectivity index (χ2n) is 4.11. The van der Waals surface area contributed by atoms with Crippen LogP contribution in [0.25, 0.3) is 0 Å². The average molecular weight is 258 g/mol. The Labute approximate surface area is 105 Å². The Hall–Kier alpha value is -1.63. The van der Waals surface area contributed by atoms with Gasteiger partial charge in [0.15, 0.2) is 0 Å². The molecular weight excluding hydrogens is 240 g/mol. The maximum atomic E-state index is 11.5. The van der Waals surface area contributed by atoms with Crippen LogP contribution in [0.5, 0.6) is 0 Å². The summed E-state index contributed by atoms with van der Waals surface area (Å²) in [6.45, 7) is 2.19. The summed E-state index contributed by atoms with van der Waals surface area (Å²) in [5.41, 5.74) is 0. The third-order valence-electron chi connectivity index (χ3n) is 2.54. The van der Waals surface area contributed by atoms with Crippen molar-refractivity contribution in [2.24, 2.45) is 0 Å². The Morgan fingerprint density at radius 3 is 2.56 bits per heavy atom. The lowest BCUT2D eigenvalue weighted by molar-refractivity contribution is -0.137. The maximum absolute atomic E-state index is 11.5. The van der Waals surface area contributed by atoms with E-state index in [1.807, 2.05) is 0 Å². The second kappa shape index (κ2) is 6.95. The maximum Gasteiger partial charge on any atom is 0.413 e. The molecular formula is C11H18N2O5. The van der Waals surface area contributed by atoms with Crippen LogP contribution in [0.1, 0.15) is 26.2 Å². The molecule has 1 saturated carbocycles. The zero-order chi connectivity index (χ0) is 13.5. The van der Waals surface area contributed by atoms with Gasteiger partial charge in [-0.25, -0.2) is 4.79 Å². The minimum Gasteiger partial charge on any atom is -0.481 e. The highest BCUT2D eigenvalue weighted by molar-refractivity contribution is 5.92. The molecule has 1 fully saturated rings. The first kappa shape index (κ1) is 14.4. The zero-order valence-corrected chi connectivity index (χ0v) is 10.3. The van der Waals surface area contributed by atoms with Crippen molar-refractivity contribution in [2.75, 3.05) is 19.7 Å². The number of hydrogen-bond acceptors (Lipinski definition) is 5. The number of carboxylic acid groups (broad SMARTS) is 1. The number of amides is 2. The van der Waals surface area contributed by atoms with Gasteiger partial charge in [-0.15, -0.1) is 0 Å². The molecule has 7 heteroatoms. The normalized spacial score (nSPS) is 14.3. The Morgan fingerprint density at radius 1 is 1.39 bits per heavy atom. The van der Waals surface area contributed by atoms with E-state index in [4.69, 9.17) is 5.11 Å². The predicted molar refractivity (Wildman–Crippen MR) is 62.0 cm³/mol. The number of nitrogens with zero attached hydrogens (tertiary/aromatic N) is 1. The zero-order valence-electron chi connectivity index (χ0n) is 10.3. The number of imide groups is 1. The second-order valence-corrected chi connectivity index (χ2v) is 4.11. The number of alkyl carbamates (subject to hydrolysis) is 1. The summed E-state index contributed by atoms with van der Waals surface area (Å²) in [6.07, 6.45) is 1.15. The smallest absolute Gasteiger partial charge is 0.413 e. The van der Waals surface area contributed by atoms with Gasteiger partial charge < -0.3 is 9.84 Å². The summed E-state index contributed by atoms with van der Waals surface area (Å²) >= 11 is 0. The molecule has 0 bridgehead atoms. The standard InChI is InChI=1S/C11H18N2O5/c1-2-18-11(17)12-9(14)7-13(8-3-4-8)6-5-10(15)16/h8H,2-7H2,1H3,(H,15,16)(H,12,14,17). The van der Waals surface area contributed by atoms with E-state index < -0.39 is 18.0 Å². The molecule has 0 aromatic heterocycles. The fraction of sp³-hybridized carbons (Fsp3) is 0.727. The Morgan fingerprint density at radius 2 is 2.06 bits per heavy atom. The van der Waals surface area contributed by atoms with Gasteiger partial charge >= 0.3 is 12.1 Å². The van der Waals surface area contributed by atoms with E-state index in [-0.39, 0.29) is 25.6 Å². The molecule has 0 aromatic rings. The van der Waals surface area contributed by atoms with Crippen LogP contribution in [0, 0.1) is 0 Å². The number of carboxylic acids is 1. The van der Waals surface area contributed by atoms with Crippen LogP contribution in [0.3, 0.4) is 0 Å². The minimum atomic E-state index is -0.897. The van der Waals surface area contributed by atoms with Crippen molar-refractivity contribution < 1.29 is 24.2 Å². The van der Waals surface area contributed by atoms with Gasteiger partial charge in [-0.05, 0) is 19.8 Å². The number of carbonyl (C=O) groups is 3. The highest BCUT2D eigenvalue weighted by Gasteiger charge is 2.30. The summed E-state index contributed by atoms with van der Waals surface area (Å²) in [5, 5.41) is 10.7. The molecule has 0 aliphatic heterocycles. The Balaban J connectivity index is 2.33. The summed E-state index contributed by atoms with van der Waals surface area (Å²) in [4.78, 5) is 34.8. The Bertz CT molecular complexity index is 327.